The van der Waals surface area contributed by atoms with Crippen molar-refractivity contribution in [1.29, 1.82) is 0 Å². The third-order valence-electron chi connectivity index (χ3n) is 3.08. The van der Waals surface area contributed by atoms with Gasteiger partial charge in [-0.15, -0.1) is 5.10 Å². The van der Waals surface area contributed by atoms with E-state index in [0.717, 1.165) is 6.07 Å². The predicted octanol–water partition coefficient (Wildman–Crippen LogP) is 5.25. The first-order valence-corrected chi connectivity index (χ1v) is 8.27. The fourth-order valence-corrected chi connectivity index (χ4v) is 2.84. The maximum atomic E-state index is 12.4. The van der Waals surface area contributed by atoms with Crippen LogP contribution in [0.2, 0.25) is 5.02 Å². The molecule has 0 saturated carbocycles. The molecule has 0 spiro atoms. The fourth-order valence-electron chi connectivity index (χ4n) is 2.02. The summed E-state index contributed by atoms with van der Waals surface area (Å²) in [5.41, 5.74) is -3.92. The molecule has 26 heavy (non-hydrogen) atoms. The second-order valence-corrected chi connectivity index (χ2v) is 6.47. The van der Waals surface area contributed by atoms with Crippen molar-refractivity contribution in [3.63, 3.8) is 0 Å². The molecule has 5 nitrogen and oxygen atoms in total. The van der Waals surface area contributed by atoms with Crippen molar-refractivity contribution in [3.05, 3.63) is 59.1 Å². The Morgan fingerprint density at radius 1 is 1.12 bits per heavy atom. The van der Waals surface area contributed by atoms with Crippen LogP contribution in [-0.4, -0.2) is 21.6 Å². The molecule has 1 aromatic heterocycles. The van der Waals surface area contributed by atoms with Gasteiger partial charge in [0, 0.05) is 10.5 Å². The van der Waals surface area contributed by atoms with Crippen LogP contribution in [0.3, 0.4) is 0 Å². The van der Waals surface area contributed by atoms with E-state index in [1.807, 2.05) is 0 Å². The van der Waals surface area contributed by atoms with Crippen molar-refractivity contribution < 1.29 is 22.4 Å². The number of thioether (sulfide) groups is 1. The van der Waals surface area contributed by atoms with E-state index in [4.69, 9.17) is 16.0 Å². The maximum absolute atomic E-state index is 12.4. The van der Waals surface area contributed by atoms with E-state index in [-0.39, 0.29) is 34.1 Å². The zero-order chi connectivity index (χ0) is 18.7. The van der Waals surface area contributed by atoms with Crippen LogP contribution in [0.1, 0.15) is 10.4 Å². The zero-order valence-corrected chi connectivity index (χ0v) is 14.3. The van der Waals surface area contributed by atoms with Crippen molar-refractivity contribution in [2.45, 2.75) is 10.4 Å². The number of anilines is 1. The molecular formula is C16H9ClF3N3O2S. The van der Waals surface area contributed by atoms with Gasteiger partial charge in [-0.2, -0.15) is 13.2 Å². The molecule has 0 fully saturated rings. The van der Waals surface area contributed by atoms with Gasteiger partial charge >= 0.3 is 11.5 Å². The highest BCUT2D eigenvalue weighted by Crippen LogP contribution is 2.37. The largest absolute Gasteiger partial charge is 0.446 e. The van der Waals surface area contributed by atoms with Gasteiger partial charge < -0.3 is 4.42 Å². The van der Waals surface area contributed by atoms with Gasteiger partial charge in [-0.05, 0) is 42.1 Å². The second-order valence-electron chi connectivity index (χ2n) is 4.92. The Bertz CT molecular complexity index is 946. The molecule has 134 valence electrons. The van der Waals surface area contributed by atoms with Crippen LogP contribution >= 0.6 is 23.4 Å². The van der Waals surface area contributed by atoms with Crippen LogP contribution < -0.4 is 5.32 Å². The summed E-state index contributed by atoms with van der Waals surface area (Å²) >= 11 is 5.73. The maximum Gasteiger partial charge on any atom is 0.446 e. The van der Waals surface area contributed by atoms with E-state index < -0.39 is 11.4 Å². The zero-order valence-electron chi connectivity index (χ0n) is 12.7. The van der Waals surface area contributed by atoms with Gasteiger partial charge in [-0.1, -0.05) is 34.9 Å². The van der Waals surface area contributed by atoms with E-state index >= 15 is 0 Å². The summed E-state index contributed by atoms with van der Waals surface area (Å²) in [6.07, 6.45) is 0. The van der Waals surface area contributed by atoms with Crippen molar-refractivity contribution >= 4 is 35.3 Å². The van der Waals surface area contributed by atoms with Gasteiger partial charge in [0.15, 0.2) is 0 Å². The minimum Gasteiger partial charge on any atom is -0.403 e. The molecule has 0 unspecified atom stereocenters. The minimum absolute atomic E-state index is 0.0248. The number of benzene rings is 2. The van der Waals surface area contributed by atoms with Crippen LogP contribution in [0, 0.1) is 0 Å². The highest BCUT2D eigenvalue weighted by atomic mass is 35.5. The van der Waals surface area contributed by atoms with Crippen LogP contribution in [0.4, 0.5) is 19.2 Å². The molecule has 0 bridgehead atoms. The smallest absolute Gasteiger partial charge is 0.403 e. The molecule has 1 heterocycles. The third kappa shape index (κ3) is 4.55. The summed E-state index contributed by atoms with van der Waals surface area (Å²) < 4.78 is 42.6. The normalized spacial score (nSPS) is 11.4. The Morgan fingerprint density at radius 2 is 1.88 bits per heavy atom. The number of carbonyl (C=O) groups is 1. The van der Waals surface area contributed by atoms with Crippen LogP contribution in [0.25, 0.3) is 11.5 Å². The second kappa shape index (κ2) is 7.38. The van der Waals surface area contributed by atoms with Crippen LogP contribution in [0.15, 0.2) is 57.8 Å². The van der Waals surface area contributed by atoms with Crippen molar-refractivity contribution in [2.24, 2.45) is 0 Å². The van der Waals surface area contributed by atoms with Gasteiger partial charge in [0.2, 0.25) is 0 Å². The Kier molecular flexibility index (Phi) is 5.19. The first-order valence-electron chi connectivity index (χ1n) is 7.07. The molecule has 2 aromatic carbocycles. The molecule has 10 heteroatoms. The summed E-state index contributed by atoms with van der Waals surface area (Å²) in [6.45, 7) is 0. The summed E-state index contributed by atoms with van der Waals surface area (Å²) in [5.74, 6) is -0.573. The quantitative estimate of drug-likeness (QED) is 0.606. The first-order chi connectivity index (χ1) is 12.3. The average molecular weight is 400 g/mol. The van der Waals surface area contributed by atoms with Crippen molar-refractivity contribution in [3.8, 4) is 11.5 Å². The number of nitrogens with one attached hydrogen (secondary N) is 1. The third-order valence-corrected chi connectivity index (χ3v) is 4.13. The molecule has 1 amide bonds. The van der Waals surface area contributed by atoms with Gasteiger partial charge in [-0.25, -0.2) is 0 Å². The molecule has 0 aliphatic carbocycles. The van der Waals surface area contributed by atoms with Gasteiger partial charge in [0.1, 0.15) is 0 Å². The number of hydrogen-bond acceptors (Lipinski definition) is 5. The summed E-state index contributed by atoms with van der Waals surface area (Å²) in [4.78, 5) is 12.1. The number of halogens is 4. The Hall–Kier alpha value is -2.52. The lowest BCUT2D eigenvalue weighted by molar-refractivity contribution is -0.0328. The molecular weight excluding hydrogens is 391 g/mol. The number of carbonyl (C=O) groups excluding carboxylic acids is 1. The summed E-state index contributed by atoms with van der Waals surface area (Å²) in [7, 11) is 0. The van der Waals surface area contributed by atoms with Gasteiger partial charge in [-0.3, -0.25) is 10.1 Å². The van der Waals surface area contributed by atoms with E-state index in [9.17, 15) is 18.0 Å². The molecule has 0 aliphatic heterocycles. The molecule has 0 saturated heterocycles. The van der Waals surface area contributed by atoms with Gasteiger partial charge in [0.05, 0.1) is 10.6 Å². The Labute approximate surface area is 154 Å². The lowest BCUT2D eigenvalue weighted by Gasteiger charge is -2.07. The van der Waals surface area contributed by atoms with Crippen LogP contribution in [0.5, 0.6) is 0 Å². The summed E-state index contributed by atoms with van der Waals surface area (Å²) in [6, 6.07) is 11.7. The lowest BCUT2D eigenvalue weighted by atomic mass is 10.2. The molecule has 3 aromatic rings. The fraction of sp³-hybridized carbons (Fsp3) is 0.0625. The molecule has 3 rings (SSSR count). The lowest BCUT2D eigenvalue weighted by Crippen LogP contribution is -2.12. The van der Waals surface area contributed by atoms with Gasteiger partial charge in [0.25, 0.3) is 11.8 Å². The standard InChI is InChI=1S/C16H9ClF3N3O2S/c17-12-7-2-1-6-11(12)14-22-23-15(25-14)21-13(24)9-4-3-5-10(8-9)26-16(18,19)20/h1-8H,(H,21,23,24). The number of amides is 1. The van der Waals surface area contributed by atoms with E-state index in [1.54, 1.807) is 24.3 Å². The number of aromatic nitrogens is 2. The number of rotatable bonds is 4. The van der Waals surface area contributed by atoms with Crippen LogP contribution in [-0.2, 0) is 0 Å². The monoisotopic (exact) mass is 399 g/mol. The molecule has 0 aliphatic rings. The average Bonchev–Trinajstić information content (AvgIpc) is 3.02. The summed E-state index contributed by atoms with van der Waals surface area (Å²) in [5, 5.41) is 10.2. The number of alkyl halides is 3. The predicted molar refractivity (Wildman–Crippen MR) is 91.1 cm³/mol. The highest BCUT2D eigenvalue weighted by molar-refractivity contribution is 8.00. The molecule has 0 radical (unpaired) electrons. The molecule has 1 N–H and O–H groups in total. The Morgan fingerprint density at radius 3 is 2.62 bits per heavy atom. The first kappa shape index (κ1) is 18.3. The van der Waals surface area contributed by atoms with Crippen molar-refractivity contribution in [1.82, 2.24) is 10.2 Å². The topological polar surface area (TPSA) is 68.0 Å². The van der Waals surface area contributed by atoms with E-state index in [0.29, 0.717) is 10.6 Å². The minimum atomic E-state index is -4.44. The Balaban J connectivity index is 1.75. The SMILES string of the molecule is O=C(Nc1nnc(-c2ccccc2Cl)o1)c1cccc(SC(F)(F)F)c1. The van der Waals surface area contributed by atoms with E-state index in [1.165, 1.54) is 18.2 Å². The number of hydrogen-bond donors (Lipinski definition) is 1. The highest BCUT2D eigenvalue weighted by Gasteiger charge is 2.29. The van der Waals surface area contributed by atoms with Crippen molar-refractivity contribution in [2.75, 3.05) is 5.32 Å². The number of nitrogens with zero attached hydrogens (tertiary/aromatic N) is 2. The molecule has 0 atom stereocenters. The van der Waals surface area contributed by atoms with E-state index in [2.05, 4.69) is 15.5 Å².